The van der Waals surface area contributed by atoms with Crippen molar-refractivity contribution in [2.75, 3.05) is 29.5 Å². The number of hydrogen-bond donors (Lipinski definition) is 0. The van der Waals surface area contributed by atoms with Crippen molar-refractivity contribution in [2.24, 2.45) is 0 Å². The van der Waals surface area contributed by atoms with E-state index in [1.54, 1.807) is 0 Å². The normalized spacial score (nSPS) is 18.1. The largest absolute Gasteiger partial charge is 0.355 e. The summed E-state index contributed by atoms with van der Waals surface area (Å²) in [6.07, 6.45) is 0. The lowest BCUT2D eigenvalue weighted by Gasteiger charge is -2.28. The highest BCUT2D eigenvalue weighted by Crippen LogP contribution is 2.24. The Labute approximate surface area is 119 Å². The van der Waals surface area contributed by atoms with E-state index in [-0.39, 0.29) is 5.41 Å². The highest BCUT2D eigenvalue weighted by Gasteiger charge is 2.22. The van der Waals surface area contributed by atoms with E-state index in [4.69, 9.17) is 0 Å². The van der Waals surface area contributed by atoms with Crippen LogP contribution in [-0.4, -0.2) is 38.8 Å². The van der Waals surface area contributed by atoms with Gasteiger partial charge in [0.15, 0.2) is 0 Å². The first-order valence-corrected chi connectivity index (χ1v) is 8.29. The third-order valence-electron chi connectivity index (χ3n) is 2.85. The van der Waals surface area contributed by atoms with Gasteiger partial charge in [-0.05, 0) is 15.9 Å². The molecule has 6 heteroatoms. The Bertz CT molecular complexity index is 463. The molecule has 1 saturated heterocycles. The smallest absolute Gasteiger partial charge is 0.137 e. The topological polar surface area (TPSA) is 46.1 Å². The summed E-state index contributed by atoms with van der Waals surface area (Å²) in [5, 5.41) is 0. The Kier molecular flexibility index (Phi) is 4.06. The second-order valence-corrected chi connectivity index (χ2v) is 7.97. The SMILES string of the molecule is CC(C)(C)c1nc(Br)cc(N2CCS(=O)CC2)n1. The predicted molar refractivity (Wildman–Crippen MR) is 78.5 cm³/mol. The number of halogens is 1. The first-order valence-electron chi connectivity index (χ1n) is 6.01. The zero-order chi connectivity index (χ0) is 13.3. The molecule has 0 unspecified atom stereocenters. The average Bonchev–Trinajstić information content (AvgIpc) is 2.28. The Morgan fingerprint density at radius 1 is 1.28 bits per heavy atom. The summed E-state index contributed by atoms with van der Waals surface area (Å²) in [6, 6.07) is 1.93. The van der Waals surface area contributed by atoms with Crippen LogP contribution in [0.5, 0.6) is 0 Å². The zero-order valence-electron chi connectivity index (χ0n) is 10.9. The van der Waals surface area contributed by atoms with Gasteiger partial charge in [0.25, 0.3) is 0 Å². The zero-order valence-corrected chi connectivity index (χ0v) is 13.3. The van der Waals surface area contributed by atoms with Gasteiger partial charge in [-0.3, -0.25) is 4.21 Å². The summed E-state index contributed by atoms with van der Waals surface area (Å²) < 4.78 is 12.2. The van der Waals surface area contributed by atoms with E-state index in [0.717, 1.165) is 40.8 Å². The fraction of sp³-hybridized carbons (Fsp3) is 0.667. The Morgan fingerprint density at radius 2 is 1.89 bits per heavy atom. The highest BCUT2D eigenvalue weighted by molar-refractivity contribution is 9.10. The minimum absolute atomic E-state index is 0.0723. The van der Waals surface area contributed by atoms with Crippen molar-refractivity contribution in [1.29, 1.82) is 0 Å². The summed E-state index contributed by atoms with van der Waals surface area (Å²) in [4.78, 5) is 11.3. The van der Waals surface area contributed by atoms with E-state index < -0.39 is 10.8 Å². The molecule has 0 saturated carbocycles. The van der Waals surface area contributed by atoms with Gasteiger partial charge in [0, 0.05) is 46.9 Å². The van der Waals surface area contributed by atoms with Crippen LogP contribution < -0.4 is 4.90 Å². The van der Waals surface area contributed by atoms with E-state index in [9.17, 15) is 4.21 Å². The minimum atomic E-state index is -0.659. The molecule has 0 bridgehead atoms. The predicted octanol–water partition coefficient (Wildman–Crippen LogP) is 2.11. The molecule has 0 atom stereocenters. The van der Waals surface area contributed by atoms with Gasteiger partial charge in [0.2, 0.25) is 0 Å². The molecule has 0 aromatic carbocycles. The molecule has 100 valence electrons. The van der Waals surface area contributed by atoms with Gasteiger partial charge in [-0.1, -0.05) is 20.8 Å². The van der Waals surface area contributed by atoms with Crippen molar-refractivity contribution in [1.82, 2.24) is 9.97 Å². The number of rotatable bonds is 1. The van der Waals surface area contributed by atoms with Gasteiger partial charge in [-0.2, -0.15) is 0 Å². The molecule has 1 aliphatic rings. The lowest BCUT2D eigenvalue weighted by molar-refractivity contribution is 0.542. The molecule has 18 heavy (non-hydrogen) atoms. The van der Waals surface area contributed by atoms with Crippen LogP contribution in [0.4, 0.5) is 5.82 Å². The molecule has 0 radical (unpaired) electrons. The molecule has 1 aromatic heterocycles. The Morgan fingerprint density at radius 3 is 2.44 bits per heavy atom. The van der Waals surface area contributed by atoms with Gasteiger partial charge in [0.05, 0.1) is 0 Å². The molecule has 0 N–H and O–H groups in total. The van der Waals surface area contributed by atoms with Crippen LogP contribution in [0.25, 0.3) is 0 Å². The van der Waals surface area contributed by atoms with Crippen molar-refractivity contribution in [2.45, 2.75) is 26.2 Å². The van der Waals surface area contributed by atoms with Gasteiger partial charge < -0.3 is 4.90 Å². The van der Waals surface area contributed by atoms with E-state index in [1.165, 1.54) is 0 Å². The lowest BCUT2D eigenvalue weighted by Crippen LogP contribution is -2.38. The second-order valence-electron chi connectivity index (χ2n) is 5.46. The number of anilines is 1. The molecule has 4 nitrogen and oxygen atoms in total. The molecule has 0 amide bonds. The van der Waals surface area contributed by atoms with Crippen LogP contribution in [-0.2, 0) is 16.2 Å². The van der Waals surface area contributed by atoms with E-state index in [0.29, 0.717) is 0 Å². The maximum absolute atomic E-state index is 11.4. The quantitative estimate of drug-likeness (QED) is 0.739. The molecule has 2 heterocycles. The van der Waals surface area contributed by atoms with Gasteiger partial charge in [-0.25, -0.2) is 9.97 Å². The first-order chi connectivity index (χ1) is 8.36. The lowest BCUT2D eigenvalue weighted by atomic mass is 9.96. The fourth-order valence-corrected chi connectivity index (χ4v) is 3.20. The molecule has 1 aliphatic heterocycles. The van der Waals surface area contributed by atoms with Crippen LogP contribution in [0.2, 0.25) is 0 Å². The van der Waals surface area contributed by atoms with Crippen molar-refractivity contribution < 1.29 is 4.21 Å². The van der Waals surface area contributed by atoms with Crippen LogP contribution in [0.3, 0.4) is 0 Å². The summed E-state index contributed by atoms with van der Waals surface area (Å²) in [5.41, 5.74) is -0.0723. The van der Waals surface area contributed by atoms with Crippen LogP contribution in [0, 0.1) is 0 Å². The monoisotopic (exact) mass is 331 g/mol. The minimum Gasteiger partial charge on any atom is -0.355 e. The first kappa shape index (κ1) is 13.9. The maximum Gasteiger partial charge on any atom is 0.137 e. The third kappa shape index (κ3) is 3.29. The summed E-state index contributed by atoms with van der Waals surface area (Å²) in [7, 11) is -0.659. The van der Waals surface area contributed by atoms with E-state index in [1.807, 2.05) is 6.07 Å². The van der Waals surface area contributed by atoms with E-state index in [2.05, 4.69) is 51.6 Å². The summed E-state index contributed by atoms with van der Waals surface area (Å²) in [6.45, 7) is 7.91. The van der Waals surface area contributed by atoms with Crippen molar-refractivity contribution in [3.63, 3.8) is 0 Å². The van der Waals surface area contributed by atoms with E-state index >= 15 is 0 Å². The molecule has 2 rings (SSSR count). The Balaban J connectivity index is 2.28. The number of hydrogen-bond acceptors (Lipinski definition) is 4. The van der Waals surface area contributed by atoms with Crippen LogP contribution in [0.1, 0.15) is 26.6 Å². The average molecular weight is 332 g/mol. The van der Waals surface area contributed by atoms with Gasteiger partial charge in [0.1, 0.15) is 16.2 Å². The third-order valence-corrected chi connectivity index (χ3v) is 4.54. The number of aromatic nitrogens is 2. The fourth-order valence-electron chi connectivity index (χ4n) is 1.77. The molecule has 1 fully saturated rings. The summed E-state index contributed by atoms with van der Waals surface area (Å²) >= 11 is 3.45. The molecule has 0 spiro atoms. The Hall–Kier alpha value is -0.490. The van der Waals surface area contributed by atoms with Crippen molar-refractivity contribution in [3.8, 4) is 0 Å². The van der Waals surface area contributed by atoms with Crippen molar-refractivity contribution in [3.05, 3.63) is 16.5 Å². The molecular weight excluding hydrogens is 314 g/mol. The second kappa shape index (κ2) is 5.25. The van der Waals surface area contributed by atoms with Gasteiger partial charge >= 0.3 is 0 Å². The molecule has 0 aliphatic carbocycles. The number of nitrogens with zero attached hydrogens (tertiary/aromatic N) is 3. The van der Waals surface area contributed by atoms with Crippen LogP contribution in [0.15, 0.2) is 10.7 Å². The highest BCUT2D eigenvalue weighted by atomic mass is 79.9. The summed E-state index contributed by atoms with van der Waals surface area (Å²) in [5.74, 6) is 3.22. The van der Waals surface area contributed by atoms with Crippen molar-refractivity contribution >= 4 is 32.5 Å². The standard InChI is InChI=1S/C12H18BrN3OS/c1-12(2,3)11-14-9(13)8-10(15-11)16-4-6-18(17)7-5-16/h8H,4-7H2,1-3H3. The van der Waals surface area contributed by atoms with Crippen LogP contribution >= 0.6 is 15.9 Å². The van der Waals surface area contributed by atoms with Gasteiger partial charge in [-0.15, -0.1) is 0 Å². The molecule has 1 aromatic rings. The molecular formula is C12H18BrN3OS. The maximum atomic E-state index is 11.4.